The van der Waals surface area contributed by atoms with Gasteiger partial charge in [-0.1, -0.05) is 12.5 Å². The molecule has 0 spiro atoms. The van der Waals surface area contributed by atoms with E-state index in [1.807, 2.05) is 0 Å². The molecule has 1 saturated carbocycles. The van der Waals surface area contributed by atoms with Crippen molar-refractivity contribution in [1.29, 1.82) is 0 Å². The van der Waals surface area contributed by atoms with Crippen LogP contribution in [0, 0.1) is 5.92 Å². The van der Waals surface area contributed by atoms with Gasteiger partial charge in [0.05, 0.1) is 0 Å². The van der Waals surface area contributed by atoms with Crippen LogP contribution in [-0.4, -0.2) is 6.29 Å². The Kier molecular flexibility index (Phi) is 3.38. The number of ether oxygens (including phenoxy) is 2. The van der Waals surface area contributed by atoms with E-state index >= 15 is 0 Å². The smallest absolute Gasteiger partial charge is 0.395 e. The van der Waals surface area contributed by atoms with Crippen molar-refractivity contribution in [3.8, 4) is 11.5 Å². The average Bonchev–Trinajstić information content (AvgIpc) is 2.47. The second kappa shape index (κ2) is 4.55. The molecule has 0 saturated heterocycles. The molecule has 6 heteroatoms. The van der Waals surface area contributed by atoms with E-state index in [-0.39, 0.29) is 29.9 Å². The van der Waals surface area contributed by atoms with E-state index in [2.05, 4.69) is 9.47 Å². The number of hydrogen-bond acceptors (Lipinski definition) is 3. The molecule has 0 bridgehead atoms. The number of fused-ring (bicyclic) bond motifs is 1. The predicted octanol–water partition coefficient (Wildman–Crippen LogP) is 3.23. The van der Waals surface area contributed by atoms with Gasteiger partial charge in [-0.05, 0) is 36.5 Å². The summed E-state index contributed by atoms with van der Waals surface area (Å²) in [6.45, 7) is 0. The van der Waals surface area contributed by atoms with E-state index in [0.29, 0.717) is 5.92 Å². The van der Waals surface area contributed by atoms with Crippen LogP contribution in [0.1, 0.15) is 30.9 Å². The van der Waals surface area contributed by atoms with Gasteiger partial charge in [-0.25, -0.2) is 0 Å². The molecule has 2 aliphatic rings. The Labute approximate surface area is 110 Å². The lowest BCUT2D eigenvalue weighted by Gasteiger charge is -2.31. The summed E-state index contributed by atoms with van der Waals surface area (Å²) >= 11 is 0. The SMILES string of the molecule is Cl.N[C@@H](c1ccc2c(c1)OC(F)(F)O2)C1CCC1. The van der Waals surface area contributed by atoms with Crippen LogP contribution in [0.15, 0.2) is 18.2 Å². The third-order valence-corrected chi connectivity index (χ3v) is 3.47. The molecule has 2 N–H and O–H groups in total. The summed E-state index contributed by atoms with van der Waals surface area (Å²) in [5, 5.41) is 0. The van der Waals surface area contributed by atoms with E-state index in [1.165, 1.54) is 12.5 Å². The van der Waals surface area contributed by atoms with Crippen LogP contribution in [0.2, 0.25) is 0 Å². The summed E-state index contributed by atoms with van der Waals surface area (Å²) in [7, 11) is 0. The van der Waals surface area contributed by atoms with E-state index in [4.69, 9.17) is 5.73 Å². The summed E-state index contributed by atoms with van der Waals surface area (Å²) in [4.78, 5) is 0. The molecule has 1 fully saturated rings. The third kappa shape index (κ3) is 2.24. The zero-order valence-corrected chi connectivity index (χ0v) is 10.4. The molecule has 1 aliphatic heterocycles. The van der Waals surface area contributed by atoms with E-state index in [1.54, 1.807) is 12.1 Å². The van der Waals surface area contributed by atoms with Crippen LogP contribution in [0.5, 0.6) is 11.5 Å². The van der Waals surface area contributed by atoms with Gasteiger partial charge in [0.1, 0.15) is 0 Å². The lowest BCUT2D eigenvalue weighted by atomic mass is 9.77. The van der Waals surface area contributed by atoms with Gasteiger partial charge in [0, 0.05) is 6.04 Å². The fourth-order valence-corrected chi connectivity index (χ4v) is 2.24. The molecule has 18 heavy (non-hydrogen) atoms. The molecule has 0 aromatic heterocycles. The molecule has 1 atom stereocenters. The van der Waals surface area contributed by atoms with Gasteiger partial charge in [0.2, 0.25) is 0 Å². The lowest BCUT2D eigenvalue weighted by molar-refractivity contribution is -0.286. The van der Waals surface area contributed by atoms with Gasteiger partial charge >= 0.3 is 6.29 Å². The number of benzene rings is 1. The van der Waals surface area contributed by atoms with Gasteiger partial charge in [0.15, 0.2) is 11.5 Å². The molecule has 1 heterocycles. The molecular weight excluding hydrogens is 264 g/mol. The molecule has 0 unspecified atom stereocenters. The normalized spacial score (nSPS) is 21.9. The van der Waals surface area contributed by atoms with Crippen LogP contribution in [0.4, 0.5) is 8.78 Å². The largest absolute Gasteiger partial charge is 0.586 e. The molecule has 3 rings (SSSR count). The summed E-state index contributed by atoms with van der Waals surface area (Å²) < 4.78 is 34.4. The Balaban J connectivity index is 0.00000120. The maximum atomic E-state index is 12.8. The zero-order chi connectivity index (χ0) is 12.0. The quantitative estimate of drug-likeness (QED) is 0.903. The zero-order valence-electron chi connectivity index (χ0n) is 9.57. The Hall–Kier alpha value is -1.07. The van der Waals surface area contributed by atoms with Crippen molar-refractivity contribution in [2.45, 2.75) is 31.6 Å². The first-order valence-corrected chi connectivity index (χ1v) is 5.70. The summed E-state index contributed by atoms with van der Waals surface area (Å²) in [5.74, 6) is 0.595. The first-order chi connectivity index (χ1) is 8.05. The maximum Gasteiger partial charge on any atom is 0.586 e. The van der Waals surface area contributed by atoms with Crippen molar-refractivity contribution in [3.05, 3.63) is 23.8 Å². The minimum Gasteiger partial charge on any atom is -0.395 e. The number of halogens is 3. The molecule has 0 radical (unpaired) electrons. The topological polar surface area (TPSA) is 44.5 Å². The maximum absolute atomic E-state index is 12.8. The molecular formula is C12H14ClF2NO2. The monoisotopic (exact) mass is 277 g/mol. The van der Waals surface area contributed by atoms with Crippen molar-refractivity contribution in [1.82, 2.24) is 0 Å². The van der Waals surface area contributed by atoms with Crippen LogP contribution in [0.3, 0.4) is 0 Å². The van der Waals surface area contributed by atoms with Crippen molar-refractivity contribution >= 4 is 12.4 Å². The second-order valence-electron chi connectivity index (χ2n) is 4.59. The highest BCUT2D eigenvalue weighted by atomic mass is 35.5. The average molecular weight is 278 g/mol. The van der Waals surface area contributed by atoms with Gasteiger partial charge in [-0.15, -0.1) is 21.2 Å². The van der Waals surface area contributed by atoms with Crippen molar-refractivity contribution < 1.29 is 18.3 Å². The van der Waals surface area contributed by atoms with Crippen LogP contribution in [0.25, 0.3) is 0 Å². The molecule has 1 aromatic rings. The number of alkyl halides is 2. The van der Waals surface area contributed by atoms with Gasteiger partial charge < -0.3 is 15.2 Å². The van der Waals surface area contributed by atoms with Crippen molar-refractivity contribution in [2.24, 2.45) is 11.7 Å². The third-order valence-electron chi connectivity index (χ3n) is 3.47. The van der Waals surface area contributed by atoms with Gasteiger partial charge in [-0.3, -0.25) is 0 Å². The summed E-state index contributed by atoms with van der Waals surface area (Å²) in [5.41, 5.74) is 6.91. The molecule has 1 aliphatic carbocycles. The number of rotatable bonds is 2. The Morgan fingerprint density at radius 1 is 1.22 bits per heavy atom. The first kappa shape index (κ1) is 13.4. The summed E-state index contributed by atoms with van der Waals surface area (Å²) in [6, 6.07) is 4.67. The Bertz CT molecular complexity index is 452. The van der Waals surface area contributed by atoms with Gasteiger partial charge in [0.25, 0.3) is 0 Å². The van der Waals surface area contributed by atoms with E-state index < -0.39 is 6.29 Å². The Morgan fingerprint density at radius 3 is 2.50 bits per heavy atom. The van der Waals surface area contributed by atoms with Gasteiger partial charge in [-0.2, -0.15) is 0 Å². The number of nitrogens with two attached hydrogens (primary N) is 1. The molecule has 3 nitrogen and oxygen atoms in total. The second-order valence-corrected chi connectivity index (χ2v) is 4.59. The minimum atomic E-state index is -3.55. The highest BCUT2D eigenvalue weighted by molar-refractivity contribution is 5.85. The first-order valence-electron chi connectivity index (χ1n) is 5.70. The van der Waals surface area contributed by atoms with Crippen molar-refractivity contribution in [2.75, 3.05) is 0 Å². The minimum absolute atomic E-state index is 0. The highest BCUT2D eigenvalue weighted by Crippen LogP contribution is 2.44. The number of hydrogen-bond donors (Lipinski definition) is 1. The fourth-order valence-electron chi connectivity index (χ4n) is 2.24. The predicted molar refractivity (Wildman–Crippen MR) is 64.2 cm³/mol. The standard InChI is InChI=1S/C12H13F2NO2.ClH/c13-12(14)16-9-5-4-8(6-10(9)17-12)11(15)7-2-1-3-7;/h4-7,11H,1-3,15H2;1H/t11-;/m1./s1. The molecule has 1 aromatic carbocycles. The van der Waals surface area contributed by atoms with Crippen LogP contribution in [-0.2, 0) is 0 Å². The highest BCUT2D eigenvalue weighted by Gasteiger charge is 2.43. The lowest BCUT2D eigenvalue weighted by Crippen LogP contribution is -2.27. The molecule has 100 valence electrons. The Morgan fingerprint density at radius 2 is 1.89 bits per heavy atom. The van der Waals surface area contributed by atoms with E-state index in [0.717, 1.165) is 18.4 Å². The van der Waals surface area contributed by atoms with Crippen LogP contribution >= 0.6 is 12.4 Å². The van der Waals surface area contributed by atoms with Crippen molar-refractivity contribution in [3.63, 3.8) is 0 Å². The molecule has 0 amide bonds. The fraction of sp³-hybridized carbons (Fsp3) is 0.500. The van der Waals surface area contributed by atoms with Crippen LogP contribution < -0.4 is 15.2 Å². The van der Waals surface area contributed by atoms with E-state index in [9.17, 15) is 8.78 Å². The summed E-state index contributed by atoms with van der Waals surface area (Å²) in [6.07, 6.45) is -0.153.